The summed E-state index contributed by atoms with van der Waals surface area (Å²) in [7, 11) is 2.60. The zero-order chi connectivity index (χ0) is 26.0. The Bertz CT molecular complexity index is 1410. The number of carbonyl (C=O) groups excluding carboxylic acids is 1. The van der Waals surface area contributed by atoms with Crippen LogP contribution in [0.3, 0.4) is 0 Å². The highest BCUT2D eigenvalue weighted by Crippen LogP contribution is 2.41. The molecule has 2 heterocycles. The molecule has 3 N–H and O–H groups in total. The number of alkyl halides is 3. The Kier molecular flexibility index (Phi) is 6.77. The predicted octanol–water partition coefficient (Wildman–Crippen LogP) is 3.42. The zero-order valence-electron chi connectivity index (χ0n) is 19.8. The Hall–Kier alpha value is -4.22. The first-order valence-electron chi connectivity index (χ1n) is 11.1. The Balaban J connectivity index is 1.80. The van der Waals surface area contributed by atoms with Crippen molar-refractivity contribution >= 4 is 23.2 Å². The van der Waals surface area contributed by atoms with E-state index in [1.807, 2.05) is 37.3 Å². The molecule has 2 aromatic carbocycles. The van der Waals surface area contributed by atoms with Crippen molar-refractivity contribution in [3.63, 3.8) is 0 Å². The molecular weight excluding hydrogens is 475 g/mol. The molecule has 9 nitrogen and oxygen atoms in total. The number of halogens is 3. The van der Waals surface area contributed by atoms with E-state index in [2.05, 4.69) is 30.6 Å². The first kappa shape index (κ1) is 24.9. The molecule has 36 heavy (non-hydrogen) atoms. The van der Waals surface area contributed by atoms with Crippen LogP contribution in [-0.2, 0) is 6.18 Å². The van der Waals surface area contributed by atoms with Gasteiger partial charge >= 0.3 is 6.18 Å². The van der Waals surface area contributed by atoms with Gasteiger partial charge in [-0.2, -0.15) is 13.2 Å². The van der Waals surface area contributed by atoms with Crippen LogP contribution in [0.2, 0.25) is 0 Å². The average Bonchev–Trinajstić information content (AvgIpc) is 3.30. The minimum absolute atomic E-state index is 0.113. The smallest absolute Gasteiger partial charge is 0.417 e. The number of fused-ring (bicyclic) bond motifs is 1. The second kappa shape index (κ2) is 9.80. The van der Waals surface area contributed by atoms with Crippen LogP contribution < -0.4 is 21.6 Å². The maximum atomic E-state index is 13.6. The molecule has 188 valence electrons. The molecule has 4 rings (SSSR count). The van der Waals surface area contributed by atoms with Gasteiger partial charge in [-0.05, 0) is 24.1 Å². The molecule has 0 unspecified atom stereocenters. The molecule has 1 aliphatic heterocycles. The highest BCUT2D eigenvalue weighted by molar-refractivity contribution is 6.00. The quantitative estimate of drug-likeness (QED) is 0.429. The van der Waals surface area contributed by atoms with Gasteiger partial charge in [-0.1, -0.05) is 37.3 Å². The number of phenolic OH excluding ortho intramolecular Hbond substituents is 1. The lowest BCUT2D eigenvalue weighted by atomic mass is 10.0. The summed E-state index contributed by atoms with van der Waals surface area (Å²) in [5.41, 5.74) is -0.680. The van der Waals surface area contributed by atoms with Gasteiger partial charge in [0.15, 0.2) is 28.4 Å². The van der Waals surface area contributed by atoms with E-state index in [4.69, 9.17) is 0 Å². The number of amides is 1. The summed E-state index contributed by atoms with van der Waals surface area (Å²) in [5, 5.41) is 16.9. The van der Waals surface area contributed by atoms with E-state index in [1.54, 1.807) is 0 Å². The van der Waals surface area contributed by atoms with Crippen molar-refractivity contribution < 1.29 is 23.1 Å². The third kappa shape index (κ3) is 4.92. The molecule has 0 fully saturated rings. The van der Waals surface area contributed by atoms with Gasteiger partial charge in [-0.15, -0.1) is 0 Å². The molecule has 1 aliphatic rings. The Morgan fingerprint density at radius 2 is 1.69 bits per heavy atom. The standard InChI is InChI=1S/C24H24F3N7O2/c1-4-15(13-8-6-5-7-9-13)30-21-22(33-20-19(32-21)28-12-29-20)31-16-11-10-14(24(25,26)27)17(18(16)35)23(36)34(2)3/h5-11,15,35H,4,12H2,1-3H3,(H,28,30,32)(H,29,31,33)/t15-/m1/s1. The maximum Gasteiger partial charge on any atom is 0.417 e. The van der Waals surface area contributed by atoms with Crippen molar-refractivity contribution in [2.45, 2.75) is 25.6 Å². The molecule has 1 atom stereocenters. The van der Waals surface area contributed by atoms with Crippen LogP contribution in [-0.4, -0.2) is 46.6 Å². The Morgan fingerprint density at radius 1 is 1.06 bits per heavy atom. The number of aromatic nitrogens is 2. The van der Waals surface area contributed by atoms with Crippen molar-refractivity contribution in [1.82, 2.24) is 14.9 Å². The molecule has 1 amide bonds. The first-order valence-corrected chi connectivity index (χ1v) is 11.1. The fourth-order valence-corrected chi connectivity index (χ4v) is 3.75. The van der Waals surface area contributed by atoms with Gasteiger partial charge in [0.05, 0.1) is 22.9 Å². The van der Waals surface area contributed by atoms with Gasteiger partial charge in [0, 0.05) is 14.1 Å². The van der Waals surface area contributed by atoms with Crippen LogP contribution >= 0.6 is 0 Å². The molecule has 0 bridgehead atoms. The Labute approximate surface area is 204 Å². The summed E-state index contributed by atoms with van der Waals surface area (Å²) in [6, 6.07) is 11.2. The number of benzene rings is 2. The number of carbonyl (C=O) groups is 1. The second-order valence-electron chi connectivity index (χ2n) is 8.25. The van der Waals surface area contributed by atoms with Crippen molar-refractivity contribution in [3.8, 4) is 5.75 Å². The van der Waals surface area contributed by atoms with E-state index in [0.717, 1.165) is 22.6 Å². The van der Waals surface area contributed by atoms with Crippen molar-refractivity contribution in [2.24, 2.45) is 9.98 Å². The van der Waals surface area contributed by atoms with Gasteiger partial charge in [0.2, 0.25) is 0 Å². The number of hydrogen-bond donors (Lipinski definition) is 3. The number of aromatic hydroxyl groups is 1. The number of phenols is 1. The number of hydrogen-bond acceptors (Lipinski definition) is 8. The highest BCUT2D eigenvalue weighted by Gasteiger charge is 2.38. The van der Waals surface area contributed by atoms with Crippen LogP contribution in [0.4, 0.5) is 30.5 Å². The van der Waals surface area contributed by atoms with E-state index < -0.39 is 29.0 Å². The van der Waals surface area contributed by atoms with Crippen LogP contribution in [0.1, 0.15) is 40.9 Å². The lowest BCUT2D eigenvalue weighted by Crippen LogP contribution is -2.31. The van der Waals surface area contributed by atoms with Crippen LogP contribution in [0.15, 0.2) is 52.4 Å². The average molecular weight is 499 g/mol. The van der Waals surface area contributed by atoms with E-state index in [9.17, 15) is 23.1 Å². The molecule has 12 heteroatoms. The van der Waals surface area contributed by atoms with Gasteiger partial charge in [0.1, 0.15) is 6.67 Å². The number of anilines is 3. The maximum absolute atomic E-state index is 13.6. The zero-order valence-corrected chi connectivity index (χ0v) is 19.8. The molecular formula is C24H24F3N7O2. The SMILES string of the molecule is CC[C@@H](Nc1nc2c(nc1Nc1ccc(C(F)(F)F)c(C(=O)N(C)C)c1O)=NCN=2)c1ccccc1. The molecule has 0 saturated heterocycles. The molecule has 0 radical (unpaired) electrons. The summed E-state index contributed by atoms with van der Waals surface area (Å²) < 4.78 is 40.8. The van der Waals surface area contributed by atoms with Crippen LogP contribution in [0.5, 0.6) is 5.75 Å². The normalized spacial score (nSPS) is 13.3. The van der Waals surface area contributed by atoms with E-state index >= 15 is 0 Å². The third-order valence-electron chi connectivity index (χ3n) is 5.58. The van der Waals surface area contributed by atoms with E-state index in [-0.39, 0.29) is 35.5 Å². The summed E-state index contributed by atoms with van der Waals surface area (Å²) in [5.74, 6) is -1.47. The summed E-state index contributed by atoms with van der Waals surface area (Å²) in [4.78, 5) is 30.8. The van der Waals surface area contributed by atoms with Crippen molar-refractivity contribution in [3.05, 3.63) is 70.1 Å². The largest absolute Gasteiger partial charge is 0.505 e. The van der Waals surface area contributed by atoms with Crippen LogP contribution in [0.25, 0.3) is 0 Å². The molecule has 3 aromatic rings. The minimum Gasteiger partial charge on any atom is -0.505 e. The van der Waals surface area contributed by atoms with Crippen molar-refractivity contribution in [2.75, 3.05) is 31.4 Å². The third-order valence-corrected chi connectivity index (χ3v) is 5.58. The first-order chi connectivity index (χ1) is 17.1. The molecule has 1 aromatic heterocycles. The number of rotatable bonds is 7. The highest BCUT2D eigenvalue weighted by atomic mass is 19.4. The lowest BCUT2D eigenvalue weighted by Gasteiger charge is -2.21. The van der Waals surface area contributed by atoms with Gasteiger partial charge < -0.3 is 20.6 Å². The minimum atomic E-state index is -4.85. The predicted molar refractivity (Wildman–Crippen MR) is 127 cm³/mol. The molecule has 0 spiro atoms. The van der Waals surface area contributed by atoms with Crippen molar-refractivity contribution in [1.29, 1.82) is 0 Å². The van der Waals surface area contributed by atoms with E-state index in [0.29, 0.717) is 11.9 Å². The van der Waals surface area contributed by atoms with E-state index in [1.165, 1.54) is 14.1 Å². The monoisotopic (exact) mass is 499 g/mol. The Morgan fingerprint density at radius 3 is 2.28 bits per heavy atom. The fraction of sp³-hybridized carbons (Fsp3) is 0.292. The van der Waals surface area contributed by atoms with Gasteiger partial charge in [-0.3, -0.25) is 4.79 Å². The van der Waals surface area contributed by atoms with Gasteiger partial charge in [0.25, 0.3) is 5.91 Å². The van der Waals surface area contributed by atoms with Gasteiger partial charge in [-0.25, -0.2) is 20.0 Å². The summed E-state index contributed by atoms with van der Waals surface area (Å²) in [6.07, 6.45) is -4.15. The second-order valence-corrected chi connectivity index (χ2v) is 8.25. The molecule has 0 saturated carbocycles. The summed E-state index contributed by atoms with van der Waals surface area (Å²) in [6.45, 7) is 2.14. The summed E-state index contributed by atoms with van der Waals surface area (Å²) >= 11 is 0. The lowest BCUT2D eigenvalue weighted by molar-refractivity contribution is -0.138. The topological polar surface area (TPSA) is 115 Å². The number of nitrogens with one attached hydrogen (secondary N) is 2. The van der Waals surface area contributed by atoms with Crippen LogP contribution in [0, 0.1) is 0 Å². The molecule has 0 aliphatic carbocycles. The number of nitrogens with zero attached hydrogens (tertiary/aromatic N) is 5. The fourth-order valence-electron chi connectivity index (χ4n) is 3.75.